The number of nitrogens with one attached hydrogen (secondary N) is 3. The third kappa shape index (κ3) is 3.31. The van der Waals surface area contributed by atoms with Crippen molar-refractivity contribution in [3.8, 4) is 11.8 Å². The van der Waals surface area contributed by atoms with Crippen molar-refractivity contribution < 1.29 is 4.79 Å². The Bertz CT molecular complexity index is 1410. The molecule has 5 rings (SSSR count). The molecule has 7 heteroatoms. The average molecular weight is 394 g/mol. The summed E-state index contributed by atoms with van der Waals surface area (Å²) in [5.41, 5.74) is 4.78. The summed E-state index contributed by atoms with van der Waals surface area (Å²) in [6, 6.07) is 15.5. The summed E-state index contributed by atoms with van der Waals surface area (Å²) in [7, 11) is 1.89. The number of rotatable bonds is 3. The van der Waals surface area contributed by atoms with Crippen LogP contribution in [-0.2, 0) is 13.6 Å². The van der Waals surface area contributed by atoms with Crippen LogP contribution in [-0.4, -0.2) is 30.6 Å². The molecule has 0 unspecified atom stereocenters. The zero-order valence-electron chi connectivity index (χ0n) is 16.2. The molecule has 0 saturated carbocycles. The molecule has 2 aromatic carbocycles. The molecule has 1 amide bonds. The van der Waals surface area contributed by atoms with Gasteiger partial charge in [0, 0.05) is 29.2 Å². The minimum atomic E-state index is -0.146. The fraction of sp³-hybridized carbons (Fsp3) is 0.0870. The fourth-order valence-corrected chi connectivity index (χ4v) is 3.36. The van der Waals surface area contributed by atoms with Gasteiger partial charge in [-0.05, 0) is 47.6 Å². The number of aromatic amines is 2. The molecule has 3 heterocycles. The van der Waals surface area contributed by atoms with Gasteiger partial charge < -0.3 is 14.9 Å². The molecular formula is C23H18N6O. The van der Waals surface area contributed by atoms with Gasteiger partial charge in [0.2, 0.25) is 0 Å². The van der Waals surface area contributed by atoms with Crippen LogP contribution in [0.2, 0.25) is 0 Å². The van der Waals surface area contributed by atoms with Crippen LogP contribution >= 0.6 is 0 Å². The Labute approximate surface area is 172 Å². The first-order valence-electron chi connectivity index (χ1n) is 9.49. The number of carbonyl (C=O) groups excluding carboxylic acids is 1. The minimum absolute atomic E-state index is 0.146. The van der Waals surface area contributed by atoms with Crippen molar-refractivity contribution in [2.24, 2.45) is 7.05 Å². The normalized spacial score (nSPS) is 10.8. The maximum atomic E-state index is 12.6. The van der Waals surface area contributed by atoms with Crippen molar-refractivity contribution in [1.29, 1.82) is 0 Å². The van der Waals surface area contributed by atoms with Crippen LogP contribution in [0.15, 0.2) is 61.1 Å². The second-order valence-electron chi connectivity index (χ2n) is 7.04. The number of H-pyrrole nitrogens is 2. The number of nitrogens with zero attached hydrogens (tertiary/aromatic N) is 3. The quantitative estimate of drug-likeness (QED) is 0.411. The summed E-state index contributed by atoms with van der Waals surface area (Å²) < 4.78 is 1.84. The molecule has 0 spiro atoms. The van der Waals surface area contributed by atoms with Gasteiger partial charge in [0.1, 0.15) is 11.4 Å². The fourth-order valence-electron chi connectivity index (χ4n) is 3.36. The van der Waals surface area contributed by atoms with Crippen molar-refractivity contribution in [2.75, 3.05) is 0 Å². The summed E-state index contributed by atoms with van der Waals surface area (Å²) in [5.74, 6) is 5.97. The number of imidazole rings is 1. The molecule has 3 N–H and O–H groups in total. The van der Waals surface area contributed by atoms with Crippen LogP contribution in [0.25, 0.3) is 21.8 Å². The van der Waals surface area contributed by atoms with Crippen LogP contribution in [0.1, 0.15) is 27.4 Å². The topological polar surface area (TPSA) is 91.4 Å². The summed E-state index contributed by atoms with van der Waals surface area (Å²) in [5, 5.41) is 12.2. The van der Waals surface area contributed by atoms with Crippen molar-refractivity contribution in [3.63, 3.8) is 0 Å². The molecule has 7 nitrogen and oxygen atoms in total. The van der Waals surface area contributed by atoms with E-state index in [2.05, 4.69) is 37.3 Å². The number of aromatic nitrogens is 5. The number of benzene rings is 2. The van der Waals surface area contributed by atoms with Gasteiger partial charge in [-0.25, -0.2) is 4.98 Å². The van der Waals surface area contributed by atoms with Crippen molar-refractivity contribution in [3.05, 3.63) is 83.7 Å². The predicted octanol–water partition coefficient (Wildman–Crippen LogP) is 3.11. The van der Waals surface area contributed by atoms with E-state index in [9.17, 15) is 4.79 Å². The highest BCUT2D eigenvalue weighted by Crippen LogP contribution is 2.18. The maximum Gasteiger partial charge on any atom is 0.251 e. The van der Waals surface area contributed by atoms with Gasteiger partial charge in [-0.2, -0.15) is 5.10 Å². The lowest BCUT2D eigenvalue weighted by Crippen LogP contribution is -2.22. The second-order valence-corrected chi connectivity index (χ2v) is 7.04. The molecule has 0 fully saturated rings. The van der Waals surface area contributed by atoms with E-state index < -0.39 is 0 Å². The molecule has 0 aliphatic carbocycles. The molecule has 0 saturated heterocycles. The first-order valence-corrected chi connectivity index (χ1v) is 9.49. The second kappa shape index (κ2) is 7.26. The lowest BCUT2D eigenvalue weighted by Gasteiger charge is -2.04. The van der Waals surface area contributed by atoms with E-state index in [4.69, 9.17) is 0 Å². The number of aryl methyl sites for hydroxylation is 1. The highest BCUT2D eigenvalue weighted by Gasteiger charge is 2.10. The first-order chi connectivity index (χ1) is 14.7. The van der Waals surface area contributed by atoms with Crippen LogP contribution in [0.3, 0.4) is 0 Å². The Morgan fingerprint density at radius 1 is 1.13 bits per heavy atom. The lowest BCUT2D eigenvalue weighted by molar-refractivity contribution is 0.0950. The molecule has 146 valence electrons. The van der Waals surface area contributed by atoms with Crippen molar-refractivity contribution >= 4 is 27.7 Å². The van der Waals surface area contributed by atoms with Gasteiger partial charge in [0.25, 0.3) is 5.91 Å². The third-order valence-electron chi connectivity index (χ3n) is 4.98. The van der Waals surface area contributed by atoms with Gasteiger partial charge in [-0.3, -0.25) is 9.89 Å². The zero-order valence-corrected chi connectivity index (χ0v) is 16.2. The molecule has 5 aromatic rings. The predicted molar refractivity (Wildman–Crippen MR) is 115 cm³/mol. The van der Waals surface area contributed by atoms with Gasteiger partial charge >= 0.3 is 0 Å². The van der Waals surface area contributed by atoms with E-state index in [0.29, 0.717) is 17.8 Å². The standard InChI is InChI=1S/C23H18N6O/c1-29-14-24-13-18(29)7-9-21-19-8-6-16(11-22(19)28-27-21)23(30)25-12-17-10-15-4-2-3-5-20(15)26-17/h2-6,8,10-11,13-14,26H,12H2,1H3,(H,25,30)(H,27,28). The highest BCUT2D eigenvalue weighted by atomic mass is 16.1. The summed E-state index contributed by atoms with van der Waals surface area (Å²) in [4.78, 5) is 20.0. The molecule has 0 aliphatic heterocycles. The zero-order chi connectivity index (χ0) is 20.5. The summed E-state index contributed by atoms with van der Waals surface area (Å²) in [6.45, 7) is 0.427. The maximum absolute atomic E-state index is 12.6. The van der Waals surface area contributed by atoms with Crippen LogP contribution in [0.5, 0.6) is 0 Å². The van der Waals surface area contributed by atoms with Gasteiger partial charge in [-0.1, -0.05) is 18.2 Å². The third-order valence-corrected chi connectivity index (χ3v) is 4.98. The van der Waals surface area contributed by atoms with E-state index in [1.165, 1.54) is 0 Å². The van der Waals surface area contributed by atoms with E-state index in [-0.39, 0.29) is 5.91 Å². The van der Waals surface area contributed by atoms with Crippen LogP contribution in [0, 0.1) is 11.8 Å². The van der Waals surface area contributed by atoms with E-state index in [1.807, 2.05) is 48.0 Å². The largest absolute Gasteiger partial charge is 0.357 e. The Balaban J connectivity index is 1.33. The van der Waals surface area contributed by atoms with Gasteiger partial charge in [0.15, 0.2) is 0 Å². The molecule has 0 bridgehead atoms. The SMILES string of the molecule is Cn1cncc1C#Cc1n[nH]c2cc(C(=O)NCc3cc4ccccc4[nH]3)ccc12. The van der Waals surface area contributed by atoms with E-state index >= 15 is 0 Å². The Hall–Kier alpha value is -4.31. The van der Waals surface area contributed by atoms with Gasteiger partial charge in [0.05, 0.1) is 24.6 Å². The number of fused-ring (bicyclic) bond motifs is 2. The molecule has 0 atom stereocenters. The van der Waals surface area contributed by atoms with E-state index in [1.54, 1.807) is 24.7 Å². The molecule has 0 radical (unpaired) electrons. The number of amides is 1. The van der Waals surface area contributed by atoms with Crippen molar-refractivity contribution in [2.45, 2.75) is 6.54 Å². The molecule has 3 aromatic heterocycles. The Morgan fingerprint density at radius 3 is 2.87 bits per heavy atom. The Morgan fingerprint density at radius 2 is 2.03 bits per heavy atom. The number of hydrogen-bond donors (Lipinski definition) is 3. The highest BCUT2D eigenvalue weighted by molar-refractivity contribution is 5.98. The van der Waals surface area contributed by atoms with Crippen molar-refractivity contribution in [1.82, 2.24) is 30.0 Å². The van der Waals surface area contributed by atoms with E-state index in [0.717, 1.165) is 33.2 Å². The minimum Gasteiger partial charge on any atom is -0.357 e. The van der Waals surface area contributed by atoms with Gasteiger partial charge in [-0.15, -0.1) is 0 Å². The number of para-hydroxylation sites is 1. The average Bonchev–Trinajstić information content (AvgIpc) is 3.47. The lowest BCUT2D eigenvalue weighted by atomic mass is 10.1. The van der Waals surface area contributed by atoms with Crippen LogP contribution < -0.4 is 5.32 Å². The number of hydrogen-bond acceptors (Lipinski definition) is 3. The molecular weight excluding hydrogens is 376 g/mol. The number of carbonyl (C=O) groups is 1. The monoisotopic (exact) mass is 394 g/mol. The summed E-state index contributed by atoms with van der Waals surface area (Å²) >= 11 is 0. The molecule has 30 heavy (non-hydrogen) atoms. The van der Waals surface area contributed by atoms with Crippen LogP contribution in [0.4, 0.5) is 0 Å². The smallest absolute Gasteiger partial charge is 0.251 e. The molecule has 0 aliphatic rings. The first kappa shape index (κ1) is 17.8. The Kier molecular flexibility index (Phi) is 4.30. The summed E-state index contributed by atoms with van der Waals surface area (Å²) in [6.07, 6.45) is 3.41.